The van der Waals surface area contributed by atoms with Crippen molar-refractivity contribution in [2.24, 2.45) is 0 Å². The van der Waals surface area contributed by atoms with Crippen LogP contribution in [0.4, 0.5) is 0 Å². The van der Waals surface area contributed by atoms with Crippen LogP contribution in [-0.4, -0.2) is 11.3 Å². The largest absolute Gasteiger partial charge is 0.297 e. The van der Waals surface area contributed by atoms with Crippen molar-refractivity contribution in [2.75, 3.05) is 0 Å². The first kappa shape index (κ1) is 8.87. The Morgan fingerprint density at radius 3 is 3.09 bits per heavy atom. The normalized spacial score (nSPS) is 12.9. The maximum absolute atomic E-state index is 10.3. The molecule has 1 rings (SSSR count). The molecule has 0 bridgehead atoms. The predicted molar refractivity (Wildman–Crippen MR) is 49.5 cm³/mol. The van der Waals surface area contributed by atoms with Crippen molar-refractivity contribution in [3.8, 4) is 0 Å². The Morgan fingerprint density at radius 2 is 2.64 bits per heavy atom. The molecule has 0 aliphatic rings. The number of carbonyl (C=O) groups is 1. The van der Waals surface area contributed by atoms with E-state index in [2.05, 4.69) is 27.8 Å². The molecule has 0 aliphatic carbocycles. The van der Waals surface area contributed by atoms with E-state index in [1.165, 1.54) is 11.3 Å². The second kappa shape index (κ2) is 3.97. The number of alkyl halides is 1. The maximum atomic E-state index is 10.3. The second-order valence-corrected chi connectivity index (χ2v) is 4.29. The lowest BCUT2D eigenvalue weighted by atomic mass is 10.3. The van der Waals surface area contributed by atoms with E-state index >= 15 is 0 Å². The van der Waals surface area contributed by atoms with Gasteiger partial charge in [0.25, 0.3) is 0 Å². The molecule has 1 unspecified atom stereocenters. The van der Waals surface area contributed by atoms with E-state index in [4.69, 9.17) is 0 Å². The quantitative estimate of drug-likeness (QED) is 0.594. The average molecular weight is 234 g/mol. The van der Waals surface area contributed by atoms with Crippen LogP contribution in [0.3, 0.4) is 0 Å². The Bertz CT molecular complexity index is 248. The van der Waals surface area contributed by atoms with Crippen LogP contribution in [0.15, 0.2) is 6.20 Å². The van der Waals surface area contributed by atoms with Crippen LogP contribution < -0.4 is 0 Å². The summed E-state index contributed by atoms with van der Waals surface area (Å²) in [6.45, 7) is 2.07. The van der Waals surface area contributed by atoms with E-state index in [0.29, 0.717) is 9.70 Å². The zero-order chi connectivity index (χ0) is 8.27. The lowest BCUT2D eigenvalue weighted by Crippen LogP contribution is -1.83. The summed E-state index contributed by atoms with van der Waals surface area (Å²) in [4.78, 5) is 15.4. The highest BCUT2D eigenvalue weighted by molar-refractivity contribution is 9.09. The van der Waals surface area contributed by atoms with Gasteiger partial charge in [-0.1, -0.05) is 22.9 Å². The summed E-state index contributed by atoms with van der Waals surface area (Å²) >= 11 is 4.90. The van der Waals surface area contributed by atoms with Gasteiger partial charge in [0.15, 0.2) is 6.29 Å². The van der Waals surface area contributed by atoms with Gasteiger partial charge >= 0.3 is 0 Å². The molecule has 60 valence electrons. The van der Waals surface area contributed by atoms with E-state index in [0.717, 1.165) is 17.7 Å². The molecule has 0 saturated carbocycles. The topological polar surface area (TPSA) is 30.0 Å². The molecular formula is C7H8BrNOS. The Morgan fingerprint density at radius 1 is 1.91 bits per heavy atom. The van der Waals surface area contributed by atoms with Gasteiger partial charge in [-0.3, -0.25) is 4.79 Å². The molecular weight excluding hydrogens is 226 g/mol. The first-order valence-corrected chi connectivity index (χ1v) is 5.06. The number of nitrogens with zero attached hydrogens (tertiary/aromatic N) is 1. The minimum absolute atomic E-state index is 0.293. The SMILES string of the molecule is CCC(Br)c1ncc(C=O)s1. The number of aldehydes is 1. The number of thiazole rings is 1. The molecule has 1 heterocycles. The van der Waals surface area contributed by atoms with Crippen molar-refractivity contribution in [3.05, 3.63) is 16.1 Å². The molecule has 0 amide bonds. The van der Waals surface area contributed by atoms with Crippen LogP contribution in [0.1, 0.15) is 32.9 Å². The van der Waals surface area contributed by atoms with Crippen LogP contribution in [0.5, 0.6) is 0 Å². The zero-order valence-corrected chi connectivity index (χ0v) is 8.48. The number of carbonyl (C=O) groups excluding carboxylic acids is 1. The highest BCUT2D eigenvalue weighted by Crippen LogP contribution is 2.28. The van der Waals surface area contributed by atoms with Crippen molar-refractivity contribution < 1.29 is 4.79 Å². The Balaban J connectivity index is 2.79. The summed E-state index contributed by atoms with van der Waals surface area (Å²) in [5, 5.41) is 0.981. The summed E-state index contributed by atoms with van der Waals surface area (Å²) in [5.74, 6) is 0. The monoisotopic (exact) mass is 233 g/mol. The van der Waals surface area contributed by atoms with Gasteiger partial charge in [0.05, 0.1) is 9.70 Å². The fourth-order valence-electron chi connectivity index (χ4n) is 0.675. The molecule has 0 aliphatic heterocycles. The third kappa shape index (κ3) is 2.10. The van der Waals surface area contributed by atoms with Gasteiger partial charge in [-0.2, -0.15) is 0 Å². The standard InChI is InChI=1S/C7H8BrNOS/c1-2-6(8)7-9-3-5(4-10)11-7/h3-4,6H,2H2,1H3. The molecule has 0 saturated heterocycles. The van der Waals surface area contributed by atoms with Crippen LogP contribution in [-0.2, 0) is 0 Å². The lowest BCUT2D eigenvalue weighted by Gasteiger charge is -1.98. The molecule has 0 spiro atoms. The van der Waals surface area contributed by atoms with Crippen molar-refractivity contribution in [2.45, 2.75) is 18.2 Å². The predicted octanol–water partition coefficient (Wildman–Crippen LogP) is 2.80. The molecule has 1 aromatic rings. The van der Waals surface area contributed by atoms with Gasteiger partial charge in [-0.15, -0.1) is 11.3 Å². The number of rotatable bonds is 3. The number of hydrogen-bond donors (Lipinski definition) is 0. The van der Waals surface area contributed by atoms with Crippen molar-refractivity contribution in [3.63, 3.8) is 0 Å². The van der Waals surface area contributed by atoms with E-state index in [-0.39, 0.29) is 0 Å². The molecule has 0 radical (unpaired) electrons. The molecule has 0 aromatic carbocycles. The third-order valence-corrected chi connectivity index (χ3v) is 3.70. The first-order chi connectivity index (χ1) is 5.27. The van der Waals surface area contributed by atoms with Gasteiger partial charge in [-0.25, -0.2) is 4.98 Å². The molecule has 1 atom stereocenters. The molecule has 0 N–H and O–H groups in total. The Labute approximate surface area is 77.8 Å². The van der Waals surface area contributed by atoms with Gasteiger partial charge < -0.3 is 0 Å². The maximum Gasteiger partial charge on any atom is 0.161 e. The summed E-state index contributed by atoms with van der Waals surface area (Å²) in [7, 11) is 0. The third-order valence-electron chi connectivity index (χ3n) is 1.28. The lowest BCUT2D eigenvalue weighted by molar-refractivity contribution is 0.112. The molecule has 0 fully saturated rings. The van der Waals surface area contributed by atoms with Gasteiger partial charge in [-0.05, 0) is 6.42 Å². The van der Waals surface area contributed by atoms with E-state index in [1.807, 2.05) is 0 Å². The summed E-state index contributed by atoms with van der Waals surface area (Å²) in [6.07, 6.45) is 3.43. The smallest absolute Gasteiger partial charge is 0.161 e. The fraction of sp³-hybridized carbons (Fsp3) is 0.429. The van der Waals surface area contributed by atoms with E-state index in [9.17, 15) is 4.79 Å². The first-order valence-electron chi connectivity index (χ1n) is 3.33. The summed E-state index contributed by atoms with van der Waals surface area (Å²) in [6, 6.07) is 0. The fourth-order valence-corrected chi connectivity index (χ4v) is 1.87. The van der Waals surface area contributed by atoms with Gasteiger partial charge in [0, 0.05) is 6.20 Å². The molecule has 4 heteroatoms. The summed E-state index contributed by atoms with van der Waals surface area (Å²) in [5.41, 5.74) is 0. The van der Waals surface area contributed by atoms with Gasteiger partial charge in [0.1, 0.15) is 5.01 Å². The van der Waals surface area contributed by atoms with Crippen LogP contribution in [0.2, 0.25) is 0 Å². The molecule has 11 heavy (non-hydrogen) atoms. The Kier molecular flexibility index (Phi) is 3.20. The van der Waals surface area contributed by atoms with Crippen molar-refractivity contribution >= 4 is 33.6 Å². The van der Waals surface area contributed by atoms with Crippen molar-refractivity contribution in [1.82, 2.24) is 4.98 Å². The minimum atomic E-state index is 0.293. The van der Waals surface area contributed by atoms with E-state index < -0.39 is 0 Å². The Hall–Kier alpha value is -0.220. The minimum Gasteiger partial charge on any atom is -0.297 e. The highest BCUT2D eigenvalue weighted by Gasteiger charge is 2.08. The summed E-state index contributed by atoms with van der Waals surface area (Å²) < 4.78 is 0. The zero-order valence-electron chi connectivity index (χ0n) is 6.08. The van der Waals surface area contributed by atoms with Crippen LogP contribution in [0.25, 0.3) is 0 Å². The molecule has 1 aromatic heterocycles. The highest BCUT2D eigenvalue weighted by atomic mass is 79.9. The second-order valence-electron chi connectivity index (χ2n) is 2.09. The van der Waals surface area contributed by atoms with Crippen molar-refractivity contribution in [1.29, 1.82) is 0 Å². The van der Waals surface area contributed by atoms with Gasteiger partial charge in [0.2, 0.25) is 0 Å². The molecule has 2 nitrogen and oxygen atoms in total. The average Bonchev–Trinajstić information content (AvgIpc) is 2.50. The van der Waals surface area contributed by atoms with E-state index in [1.54, 1.807) is 6.20 Å². The van der Waals surface area contributed by atoms with Crippen LogP contribution >= 0.6 is 27.3 Å². The number of aromatic nitrogens is 1. The van der Waals surface area contributed by atoms with Crippen LogP contribution in [0, 0.1) is 0 Å². The number of hydrogen-bond acceptors (Lipinski definition) is 3. The number of halogens is 1.